The molecule has 1 heterocycles. The second-order valence-corrected chi connectivity index (χ2v) is 3.83. The van der Waals surface area contributed by atoms with Crippen LogP contribution in [0.5, 0.6) is 0 Å². The van der Waals surface area contributed by atoms with Crippen molar-refractivity contribution in [3.05, 3.63) is 17.5 Å². The van der Waals surface area contributed by atoms with Gasteiger partial charge in [-0.05, 0) is 26.3 Å². The van der Waals surface area contributed by atoms with Crippen molar-refractivity contribution >= 4 is 5.97 Å². The number of hydrogen-bond donors (Lipinski definition) is 2. The van der Waals surface area contributed by atoms with E-state index in [4.69, 9.17) is 11.2 Å². The van der Waals surface area contributed by atoms with Gasteiger partial charge in [0.05, 0.1) is 12.8 Å². The van der Waals surface area contributed by atoms with E-state index in [0.717, 1.165) is 31.4 Å². The molecule has 1 rings (SSSR count). The van der Waals surface area contributed by atoms with Crippen LogP contribution in [-0.4, -0.2) is 29.3 Å². The molecule has 0 spiro atoms. The molecule has 0 amide bonds. The molecule has 0 fully saturated rings. The van der Waals surface area contributed by atoms with E-state index in [9.17, 15) is 4.79 Å². The highest BCUT2D eigenvalue weighted by atomic mass is 16.5. The minimum Gasteiger partial charge on any atom is -0.461 e. The number of H-pyrrole nitrogens is 1. The van der Waals surface area contributed by atoms with Gasteiger partial charge in [-0.2, -0.15) is 5.10 Å². The van der Waals surface area contributed by atoms with Gasteiger partial charge in [0.25, 0.3) is 0 Å². The Labute approximate surface area is 107 Å². The van der Waals surface area contributed by atoms with Gasteiger partial charge >= 0.3 is 5.97 Å². The summed E-state index contributed by atoms with van der Waals surface area (Å²) < 4.78 is 4.93. The number of ether oxygens (including phenoxy) is 1. The maximum Gasteiger partial charge on any atom is 0.356 e. The molecule has 5 nitrogen and oxygen atoms in total. The number of esters is 1. The van der Waals surface area contributed by atoms with E-state index in [1.807, 2.05) is 0 Å². The largest absolute Gasteiger partial charge is 0.461 e. The van der Waals surface area contributed by atoms with Gasteiger partial charge in [0.15, 0.2) is 0 Å². The summed E-state index contributed by atoms with van der Waals surface area (Å²) >= 11 is 0. The first-order chi connectivity index (χ1) is 8.79. The second-order valence-electron chi connectivity index (χ2n) is 3.83. The molecular weight excluding hydrogens is 230 g/mol. The van der Waals surface area contributed by atoms with Gasteiger partial charge in [0.1, 0.15) is 5.69 Å². The predicted molar refractivity (Wildman–Crippen MR) is 68.9 cm³/mol. The number of carbonyl (C=O) groups excluding carboxylic acids is 1. The topological polar surface area (TPSA) is 67.0 Å². The lowest BCUT2D eigenvalue weighted by Gasteiger charge is -2.04. The summed E-state index contributed by atoms with van der Waals surface area (Å²) in [7, 11) is 0. The zero-order chi connectivity index (χ0) is 13.2. The summed E-state index contributed by atoms with van der Waals surface area (Å²) in [5, 5.41) is 9.77. The Morgan fingerprint density at radius 1 is 1.61 bits per heavy atom. The molecular formula is C13H19N3O2. The Balaban J connectivity index is 2.32. The Morgan fingerprint density at radius 2 is 2.44 bits per heavy atom. The van der Waals surface area contributed by atoms with Crippen molar-refractivity contribution in [1.82, 2.24) is 15.5 Å². The molecule has 1 aromatic heterocycles. The highest BCUT2D eigenvalue weighted by Crippen LogP contribution is 2.06. The lowest BCUT2D eigenvalue weighted by Crippen LogP contribution is -2.17. The van der Waals surface area contributed by atoms with Gasteiger partial charge < -0.3 is 10.1 Å². The number of unbranched alkanes of at least 4 members (excludes halogenated alkanes) is 2. The van der Waals surface area contributed by atoms with E-state index in [1.165, 1.54) is 0 Å². The zero-order valence-electron chi connectivity index (χ0n) is 10.7. The van der Waals surface area contributed by atoms with E-state index < -0.39 is 0 Å². The Bertz CT molecular complexity index is 407. The highest BCUT2D eigenvalue weighted by Gasteiger charge is 2.13. The number of nitrogens with zero attached hydrogens (tertiary/aromatic N) is 1. The van der Waals surface area contributed by atoms with E-state index in [1.54, 1.807) is 13.1 Å². The van der Waals surface area contributed by atoms with Crippen LogP contribution in [0.4, 0.5) is 0 Å². The fourth-order valence-corrected chi connectivity index (χ4v) is 1.53. The summed E-state index contributed by atoms with van der Waals surface area (Å²) in [5.41, 5.74) is 1.25. The average Bonchev–Trinajstić information content (AvgIpc) is 2.82. The number of hydrogen-bond acceptors (Lipinski definition) is 4. The summed E-state index contributed by atoms with van der Waals surface area (Å²) in [6.45, 7) is 3.60. The molecule has 0 saturated heterocycles. The molecule has 0 radical (unpaired) electrons. The average molecular weight is 249 g/mol. The van der Waals surface area contributed by atoms with Gasteiger partial charge in [0, 0.05) is 18.5 Å². The quantitative estimate of drug-likeness (QED) is 0.416. The fraction of sp³-hybridized carbons (Fsp3) is 0.538. The third-order valence-corrected chi connectivity index (χ3v) is 2.44. The fourth-order valence-electron chi connectivity index (χ4n) is 1.53. The van der Waals surface area contributed by atoms with E-state index in [2.05, 4.69) is 21.4 Å². The Morgan fingerprint density at radius 3 is 3.17 bits per heavy atom. The number of nitrogens with one attached hydrogen (secondary N) is 2. The van der Waals surface area contributed by atoms with Crippen molar-refractivity contribution < 1.29 is 9.53 Å². The molecule has 18 heavy (non-hydrogen) atoms. The number of aromatic nitrogens is 2. The van der Waals surface area contributed by atoms with Crippen LogP contribution in [0.25, 0.3) is 0 Å². The van der Waals surface area contributed by atoms with Crippen LogP contribution < -0.4 is 5.32 Å². The second kappa shape index (κ2) is 8.31. The third-order valence-electron chi connectivity index (χ3n) is 2.44. The predicted octanol–water partition coefficient (Wildman–Crippen LogP) is 1.48. The first kappa shape index (κ1) is 14.3. The normalized spacial score (nSPS) is 10.0. The van der Waals surface area contributed by atoms with Gasteiger partial charge in [0.2, 0.25) is 0 Å². The molecule has 1 aromatic rings. The third kappa shape index (κ3) is 4.60. The van der Waals surface area contributed by atoms with E-state index in [0.29, 0.717) is 18.8 Å². The maximum atomic E-state index is 11.6. The van der Waals surface area contributed by atoms with Crippen LogP contribution in [0.3, 0.4) is 0 Å². The molecule has 0 atom stereocenters. The lowest BCUT2D eigenvalue weighted by atomic mass is 10.2. The standard InChI is InChI=1S/C13H19N3O2/c1-3-5-6-7-8-14-9-11-10-15-16-12(11)13(17)18-4-2/h1,10,14H,4-9H2,2H3,(H,15,16). The molecule has 0 bridgehead atoms. The molecule has 2 N–H and O–H groups in total. The van der Waals surface area contributed by atoms with Crippen LogP contribution in [0.15, 0.2) is 6.20 Å². The van der Waals surface area contributed by atoms with Gasteiger partial charge in [-0.15, -0.1) is 12.3 Å². The van der Waals surface area contributed by atoms with Crippen LogP contribution in [0.1, 0.15) is 42.2 Å². The maximum absolute atomic E-state index is 11.6. The van der Waals surface area contributed by atoms with E-state index >= 15 is 0 Å². The van der Waals surface area contributed by atoms with Crippen molar-refractivity contribution in [2.24, 2.45) is 0 Å². The first-order valence-electron chi connectivity index (χ1n) is 6.13. The Kier molecular flexibility index (Phi) is 6.59. The number of rotatable bonds is 8. The minimum absolute atomic E-state index is 0.358. The number of aromatic amines is 1. The first-order valence-corrected chi connectivity index (χ1v) is 6.13. The highest BCUT2D eigenvalue weighted by molar-refractivity contribution is 5.88. The summed E-state index contributed by atoms with van der Waals surface area (Å²) in [6.07, 6.45) is 9.65. The molecule has 0 saturated carbocycles. The van der Waals surface area contributed by atoms with Crippen molar-refractivity contribution in [3.8, 4) is 12.3 Å². The van der Waals surface area contributed by atoms with Crippen LogP contribution in [0, 0.1) is 12.3 Å². The summed E-state index contributed by atoms with van der Waals surface area (Å²) in [5.74, 6) is 2.24. The smallest absolute Gasteiger partial charge is 0.356 e. The van der Waals surface area contributed by atoms with Crippen LogP contribution in [-0.2, 0) is 11.3 Å². The number of carbonyl (C=O) groups is 1. The van der Waals surface area contributed by atoms with Crippen LogP contribution >= 0.6 is 0 Å². The van der Waals surface area contributed by atoms with Crippen molar-refractivity contribution in [2.45, 2.75) is 32.7 Å². The molecule has 0 aromatic carbocycles. The number of terminal acetylenes is 1. The summed E-state index contributed by atoms with van der Waals surface area (Å²) in [4.78, 5) is 11.6. The van der Waals surface area contributed by atoms with Gasteiger partial charge in [-0.25, -0.2) is 4.79 Å². The van der Waals surface area contributed by atoms with Crippen LogP contribution in [0.2, 0.25) is 0 Å². The van der Waals surface area contributed by atoms with Crippen molar-refractivity contribution in [2.75, 3.05) is 13.2 Å². The molecule has 0 aliphatic rings. The molecule has 98 valence electrons. The van der Waals surface area contributed by atoms with Gasteiger partial charge in [-0.1, -0.05) is 0 Å². The lowest BCUT2D eigenvalue weighted by molar-refractivity contribution is 0.0518. The monoisotopic (exact) mass is 249 g/mol. The zero-order valence-corrected chi connectivity index (χ0v) is 10.7. The minimum atomic E-state index is -0.362. The molecule has 0 unspecified atom stereocenters. The molecule has 0 aliphatic heterocycles. The van der Waals surface area contributed by atoms with Gasteiger partial charge in [-0.3, -0.25) is 5.10 Å². The van der Waals surface area contributed by atoms with Crippen molar-refractivity contribution in [1.29, 1.82) is 0 Å². The molecule has 0 aliphatic carbocycles. The molecule has 5 heteroatoms. The van der Waals surface area contributed by atoms with Crippen molar-refractivity contribution in [3.63, 3.8) is 0 Å². The Hall–Kier alpha value is -1.80. The van der Waals surface area contributed by atoms with E-state index in [-0.39, 0.29) is 5.97 Å². The SMILES string of the molecule is C#CCCCCNCc1cn[nH]c1C(=O)OCC. The summed E-state index contributed by atoms with van der Waals surface area (Å²) in [6, 6.07) is 0.